The third kappa shape index (κ3) is 4.91. The Labute approximate surface area is 195 Å². The van der Waals surface area contributed by atoms with Crippen molar-refractivity contribution in [2.24, 2.45) is 5.92 Å². The van der Waals surface area contributed by atoms with Gasteiger partial charge in [0, 0.05) is 25.2 Å². The second-order valence-corrected chi connectivity index (χ2v) is 8.69. The number of aromatic nitrogens is 4. The number of hydrogen-bond donors (Lipinski definition) is 3. The van der Waals surface area contributed by atoms with E-state index in [1.54, 1.807) is 24.3 Å². The number of aliphatic carboxylic acids is 1. The number of nitrogens with zero attached hydrogens (tertiary/aromatic N) is 5. The van der Waals surface area contributed by atoms with Crippen LogP contribution in [0.15, 0.2) is 35.3 Å². The predicted octanol–water partition coefficient (Wildman–Crippen LogP) is 2.83. The maximum absolute atomic E-state index is 12.5. The first-order chi connectivity index (χ1) is 16.3. The lowest BCUT2D eigenvalue weighted by atomic mass is 9.94. The average Bonchev–Trinajstić information content (AvgIpc) is 2.80. The Morgan fingerprint density at radius 1 is 1.29 bits per heavy atom. The normalized spacial score (nSPS) is 14.6. The number of carbonyl (C=O) groups is 1. The molecule has 0 unspecified atom stereocenters. The Kier molecular flexibility index (Phi) is 6.32. The number of anilines is 3. The zero-order valence-corrected chi connectivity index (χ0v) is 18.9. The lowest BCUT2D eigenvalue weighted by Gasteiger charge is -2.31. The topological polar surface area (TPSA) is 157 Å². The molecule has 0 saturated carbocycles. The van der Waals surface area contributed by atoms with Crippen molar-refractivity contribution < 1.29 is 14.6 Å². The van der Waals surface area contributed by atoms with Crippen LogP contribution >= 0.6 is 0 Å². The van der Waals surface area contributed by atoms with Crippen LogP contribution in [0.25, 0.3) is 10.9 Å². The third-order valence-corrected chi connectivity index (χ3v) is 5.79. The van der Waals surface area contributed by atoms with Gasteiger partial charge in [-0.3, -0.25) is 4.79 Å². The Morgan fingerprint density at radius 2 is 2.00 bits per heavy atom. The molecule has 1 fully saturated rings. The van der Waals surface area contributed by atoms with E-state index in [9.17, 15) is 14.7 Å². The number of hydrogen-bond acceptors (Lipinski definition) is 9. The molecule has 34 heavy (non-hydrogen) atoms. The van der Waals surface area contributed by atoms with Gasteiger partial charge in [0.15, 0.2) is 5.60 Å². The molecule has 1 saturated heterocycles. The van der Waals surface area contributed by atoms with Gasteiger partial charge in [-0.2, -0.15) is 15.3 Å². The van der Waals surface area contributed by atoms with E-state index in [4.69, 9.17) is 10.00 Å². The fraction of sp³-hybridized carbons (Fsp3) is 0.391. The van der Waals surface area contributed by atoms with Crippen LogP contribution in [-0.4, -0.2) is 49.9 Å². The number of carboxylic acid groups (broad SMARTS) is 1. The zero-order valence-electron chi connectivity index (χ0n) is 18.9. The van der Waals surface area contributed by atoms with E-state index in [2.05, 4.69) is 31.6 Å². The highest BCUT2D eigenvalue weighted by Crippen LogP contribution is 2.28. The van der Waals surface area contributed by atoms with Crippen molar-refractivity contribution in [3.8, 4) is 11.8 Å². The standard InChI is InChI=1S/C23H25N7O4/c1-23(2,21(32)33)34-16-5-3-15(4-6-16)26-19-18-17(13-25-29-20(18)31)27-22(28-19)30-11-8-14(7-10-24)9-12-30/h3-6,13-14H,7-9,11-12H2,1-2H3,(H,29,31)(H,32,33)(H,26,27,28). The fourth-order valence-corrected chi connectivity index (χ4v) is 3.77. The highest BCUT2D eigenvalue weighted by Gasteiger charge is 2.29. The summed E-state index contributed by atoms with van der Waals surface area (Å²) < 4.78 is 5.54. The summed E-state index contributed by atoms with van der Waals surface area (Å²) in [6.45, 7) is 4.39. The van der Waals surface area contributed by atoms with Gasteiger partial charge in [0.05, 0.1) is 12.3 Å². The SMILES string of the molecule is CC(C)(Oc1ccc(Nc2nc(N3CCC(CC#N)CC3)nc3cn[nH]c(=O)c23)cc1)C(=O)O. The van der Waals surface area contributed by atoms with Crippen LogP contribution < -0.4 is 20.5 Å². The molecule has 11 nitrogen and oxygen atoms in total. The number of rotatable bonds is 7. The van der Waals surface area contributed by atoms with Crippen LogP contribution in [0.2, 0.25) is 0 Å². The number of H-pyrrole nitrogens is 1. The summed E-state index contributed by atoms with van der Waals surface area (Å²) in [5.41, 5.74) is -0.732. The number of piperidine rings is 1. The number of nitriles is 1. The summed E-state index contributed by atoms with van der Waals surface area (Å²) in [7, 11) is 0. The monoisotopic (exact) mass is 463 g/mol. The quantitative estimate of drug-likeness (QED) is 0.476. The van der Waals surface area contributed by atoms with Crippen molar-refractivity contribution in [3.63, 3.8) is 0 Å². The van der Waals surface area contributed by atoms with Gasteiger partial charge in [0.1, 0.15) is 22.5 Å². The van der Waals surface area contributed by atoms with Crippen molar-refractivity contribution >= 4 is 34.3 Å². The summed E-state index contributed by atoms with van der Waals surface area (Å²) in [5.74, 6) is 0.520. The summed E-state index contributed by atoms with van der Waals surface area (Å²) in [5, 5.41) is 27.9. The van der Waals surface area contributed by atoms with Crippen LogP contribution in [0.5, 0.6) is 5.75 Å². The Balaban J connectivity index is 1.61. The van der Waals surface area contributed by atoms with Crippen LogP contribution in [0.3, 0.4) is 0 Å². The fourth-order valence-electron chi connectivity index (χ4n) is 3.77. The Bertz CT molecular complexity index is 1290. The zero-order chi connectivity index (χ0) is 24.3. The number of aromatic amines is 1. The maximum atomic E-state index is 12.5. The number of carboxylic acids is 1. The minimum Gasteiger partial charge on any atom is -0.478 e. The average molecular weight is 463 g/mol. The van der Waals surface area contributed by atoms with Crippen molar-refractivity contribution in [2.75, 3.05) is 23.3 Å². The molecule has 0 spiro atoms. The number of benzene rings is 1. The Morgan fingerprint density at radius 3 is 2.65 bits per heavy atom. The molecule has 0 atom stereocenters. The van der Waals surface area contributed by atoms with Crippen LogP contribution in [0.1, 0.15) is 33.1 Å². The van der Waals surface area contributed by atoms with Crippen molar-refractivity contribution in [1.29, 1.82) is 5.26 Å². The minimum atomic E-state index is -1.37. The van der Waals surface area contributed by atoms with E-state index >= 15 is 0 Å². The van der Waals surface area contributed by atoms with Gasteiger partial charge >= 0.3 is 5.97 Å². The largest absolute Gasteiger partial charge is 0.478 e. The van der Waals surface area contributed by atoms with E-state index < -0.39 is 17.1 Å². The molecule has 11 heteroatoms. The molecule has 3 N–H and O–H groups in total. The van der Waals surface area contributed by atoms with Gasteiger partial charge in [-0.1, -0.05) is 0 Å². The first-order valence-electron chi connectivity index (χ1n) is 10.9. The molecule has 0 bridgehead atoms. The van der Waals surface area contributed by atoms with E-state index in [-0.39, 0.29) is 5.39 Å². The highest BCUT2D eigenvalue weighted by molar-refractivity contribution is 5.90. The van der Waals surface area contributed by atoms with Gasteiger partial charge in [-0.15, -0.1) is 0 Å². The van der Waals surface area contributed by atoms with Gasteiger partial charge in [-0.25, -0.2) is 14.9 Å². The predicted molar refractivity (Wildman–Crippen MR) is 125 cm³/mol. The number of fused-ring (bicyclic) bond motifs is 1. The molecule has 0 aliphatic carbocycles. The molecule has 2 aromatic heterocycles. The van der Waals surface area contributed by atoms with Crippen molar-refractivity contribution in [1.82, 2.24) is 20.2 Å². The van der Waals surface area contributed by atoms with Crippen molar-refractivity contribution in [2.45, 2.75) is 38.7 Å². The number of nitrogens with one attached hydrogen (secondary N) is 2. The first kappa shape index (κ1) is 23.0. The van der Waals surface area contributed by atoms with Crippen LogP contribution in [-0.2, 0) is 4.79 Å². The van der Waals surface area contributed by atoms with E-state index in [1.165, 1.54) is 20.0 Å². The summed E-state index contributed by atoms with van der Waals surface area (Å²) in [6.07, 6.45) is 3.78. The smallest absolute Gasteiger partial charge is 0.347 e. The van der Waals surface area contributed by atoms with Crippen LogP contribution in [0.4, 0.5) is 17.5 Å². The summed E-state index contributed by atoms with van der Waals surface area (Å²) in [4.78, 5) is 35.0. The molecule has 1 aliphatic heterocycles. The molecular formula is C23H25N7O4. The van der Waals surface area contributed by atoms with E-state index in [0.717, 1.165) is 25.9 Å². The van der Waals surface area contributed by atoms with Crippen LogP contribution in [0, 0.1) is 17.2 Å². The molecule has 176 valence electrons. The van der Waals surface area contributed by atoms with Gasteiger partial charge < -0.3 is 20.1 Å². The lowest BCUT2D eigenvalue weighted by Crippen LogP contribution is -2.37. The summed E-state index contributed by atoms with van der Waals surface area (Å²) in [6, 6.07) is 8.94. The van der Waals surface area contributed by atoms with Gasteiger partial charge in [-0.05, 0) is 56.9 Å². The molecule has 3 aromatic rings. The van der Waals surface area contributed by atoms with Crippen molar-refractivity contribution in [3.05, 3.63) is 40.8 Å². The number of ether oxygens (including phenoxy) is 1. The molecule has 4 rings (SSSR count). The summed E-state index contributed by atoms with van der Waals surface area (Å²) >= 11 is 0. The molecule has 1 aliphatic rings. The minimum absolute atomic E-state index is 0.283. The molecule has 1 aromatic carbocycles. The molecule has 3 heterocycles. The molecular weight excluding hydrogens is 438 g/mol. The highest BCUT2D eigenvalue weighted by atomic mass is 16.5. The first-order valence-corrected chi connectivity index (χ1v) is 10.9. The second kappa shape index (κ2) is 9.35. The van der Waals surface area contributed by atoms with E-state index in [0.29, 0.717) is 41.1 Å². The molecule has 0 radical (unpaired) electrons. The lowest BCUT2D eigenvalue weighted by molar-refractivity contribution is -0.152. The Hall–Kier alpha value is -4.20. The van der Waals surface area contributed by atoms with Gasteiger partial charge in [0.25, 0.3) is 5.56 Å². The van der Waals surface area contributed by atoms with E-state index in [1.807, 2.05) is 4.90 Å². The molecule has 0 amide bonds. The third-order valence-electron chi connectivity index (χ3n) is 5.79. The maximum Gasteiger partial charge on any atom is 0.347 e. The van der Waals surface area contributed by atoms with Gasteiger partial charge in [0.2, 0.25) is 5.95 Å². The second-order valence-electron chi connectivity index (χ2n) is 8.69.